The van der Waals surface area contributed by atoms with Crippen molar-refractivity contribution in [2.75, 3.05) is 53.6 Å². The second-order valence-corrected chi connectivity index (χ2v) is 13.8. The Kier molecular flexibility index (Phi) is 16.8. The molecule has 2 fully saturated rings. The molecule has 0 spiro atoms. The molecule has 0 bridgehead atoms. The van der Waals surface area contributed by atoms with Crippen LogP contribution >= 0.6 is 0 Å². The standard InChI is InChI=1S/C39H60N6O7/c1-26-22-30(34(50-3)24-33(26)49-2)37(46)43-27-10-12-28(13-11-27)44-38(47)31-23-32(39(48)45-29-14-18-42-19-15-29)36(52-21-9-5-7-17-41)25-35(31)51-20-8-4-6-16-40/h22-25,27-29,42H,4-21,40-41H2,1-3H3,(H,43,46)(H,44,47)(H,45,48). The van der Waals surface area contributed by atoms with Gasteiger partial charge < -0.3 is 51.7 Å². The number of rotatable bonds is 20. The smallest absolute Gasteiger partial charge is 0.255 e. The molecular formula is C39H60N6O7. The minimum absolute atomic E-state index is 0.0346. The van der Waals surface area contributed by atoms with Gasteiger partial charge >= 0.3 is 0 Å². The number of unbranched alkanes of at least 4 members (excludes halogenated alkanes) is 4. The van der Waals surface area contributed by atoms with Gasteiger partial charge in [-0.05, 0) is 128 Å². The van der Waals surface area contributed by atoms with E-state index >= 15 is 0 Å². The molecular weight excluding hydrogens is 664 g/mol. The Labute approximate surface area is 308 Å². The summed E-state index contributed by atoms with van der Waals surface area (Å²) < 4.78 is 23.2. The van der Waals surface area contributed by atoms with Crippen LogP contribution in [0.25, 0.3) is 0 Å². The highest BCUT2D eigenvalue weighted by atomic mass is 16.5. The molecule has 1 heterocycles. The topological polar surface area (TPSA) is 188 Å². The highest BCUT2D eigenvalue weighted by molar-refractivity contribution is 6.03. The molecule has 1 saturated carbocycles. The number of nitrogens with one attached hydrogen (secondary N) is 4. The Hall–Kier alpha value is -4.07. The van der Waals surface area contributed by atoms with Crippen LogP contribution in [0.15, 0.2) is 24.3 Å². The molecule has 0 aromatic heterocycles. The van der Waals surface area contributed by atoms with Crippen molar-refractivity contribution in [2.24, 2.45) is 11.5 Å². The molecule has 2 aromatic rings. The maximum absolute atomic E-state index is 14.0. The van der Waals surface area contributed by atoms with E-state index in [1.54, 1.807) is 31.4 Å². The van der Waals surface area contributed by atoms with Gasteiger partial charge in [-0.1, -0.05) is 0 Å². The number of nitrogens with two attached hydrogens (primary N) is 2. The number of ether oxygens (including phenoxy) is 4. The van der Waals surface area contributed by atoms with Gasteiger partial charge in [0.05, 0.1) is 44.1 Å². The van der Waals surface area contributed by atoms with Gasteiger partial charge in [-0.2, -0.15) is 0 Å². The van der Waals surface area contributed by atoms with E-state index in [2.05, 4.69) is 21.3 Å². The molecule has 288 valence electrons. The lowest BCUT2D eigenvalue weighted by molar-refractivity contribution is 0.0886. The fraction of sp³-hybridized carbons (Fsp3) is 0.615. The Morgan fingerprint density at radius 3 is 1.46 bits per heavy atom. The van der Waals surface area contributed by atoms with Gasteiger partial charge in [-0.3, -0.25) is 14.4 Å². The number of piperidine rings is 1. The predicted octanol–water partition coefficient (Wildman–Crippen LogP) is 3.98. The number of hydrogen-bond acceptors (Lipinski definition) is 10. The van der Waals surface area contributed by atoms with Crippen LogP contribution in [0.2, 0.25) is 0 Å². The molecule has 0 atom stereocenters. The third kappa shape index (κ3) is 12.0. The maximum Gasteiger partial charge on any atom is 0.255 e. The molecule has 2 aromatic carbocycles. The number of methoxy groups -OCH3 is 2. The van der Waals surface area contributed by atoms with Crippen molar-refractivity contribution < 1.29 is 33.3 Å². The van der Waals surface area contributed by atoms with Crippen molar-refractivity contribution in [1.29, 1.82) is 0 Å². The molecule has 8 N–H and O–H groups in total. The largest absolute Gasteiger partial charge is 0.496 e. The van der Waals surface area contributed by atoms with Crippen LogP contribution in [0.4, 0.5) is 0 Å². The first-order valence-electron chi connectivity index (χ1n) is 19.0. The number of carbonyl (C=O) groups excluding carboxylic acids is 3. The lowest BCUT2D eigenvalue weighted by Gasteiger charge is -2.30. The zero-order valence-corrected chi connectivity index (χ0v) is 31.3. The zero-order chi connectivity index (χ0) is 37.3. The molecule has 52 heavy (non-hydrogen) atoms. The number of carbonyl (C=O) groups is 3. The first kappa shape index (κ1) is 40.7. The second-order valence-electron chi connectivity index (χ2n) is 13.8. The van der Waals surface area contributed by atoms with Gasteiger partial charge in [0, 0.05) is 30.3 Å². The van der Waals surface area contributed by atoms with Crippen LogP contribution in [0.1, 0.15) is 114 Å². The molecule has 1 aliphatic carbocycles. The Morgan fingerprint density at radius 2 is 1.02 bits per heavy atom. The average Bonchev–Trinajstić information content (AvgIpc) is 3.15. The fourth-order valence-electron chi connectivity index (χ4n) is 6.74. The summed E-state index contributed by atoms with van der Waals surface area (Å²) in [5.41, 5.74) is 13.3. The summed E-state index contributed by atoms with van der Waals surface area (Å²) in [5, 5.41) is 12.8. The summed E-state index contributed by atoms with van der Waals surface area (Å²) in [5.74, 6) is 1.09. The fourth-order valence-corrected chi connectivity index (χ4v) is 6.74. The molecule has 13 heteroatoms. The highest BCUT2D eigenvalue weighted by Crippen LogP contribution is 2.32. The minimum atomic E-state index is -0.312. The van der Waals surface area contributed by atoms with Crippen LogP contribution in [0.5, 0.6) is 23.0 Å². The first-order valence-corrected chi connectivity index (χ1v) is 19.0. The summed E-state index contributed by atoms with van der Waals surface area (Å²) >= 11 is 0. The Bertz CT molecular complexity index is 1460. The van der Waals surface area contributed by atoms with Crippen molar-refractivity contribution in [3.63, 3.8) is 0 Å². The van der Waals surface area contributed by atoms with E-state index in [0.29, 0.717) is 91.7 Å². The summed E-state index contributed by atoms with van der Waals surface area (Å²) in [6.07, 6.45) is 9.58. The van der Waals surface area contributed by atoms with E-state index in [9.17, 15) is 14.4 Å². The van der Waals surface area contributed by atoms with Crippen molar-refractivity contribution in [1.82, 2.24) is 21.3 Å². The predicted molar refractivity (Wildman–Crippen MR) is 202 cm³/mol. The van der Waals surface area contributed by atoms with Crippen LogP contribution in [-0.4, -0.2) is 89.5 Å². The summed E-state index contributed by atoms with van der Waals surface area (Å²) in [4.78, 5) is 41.0. The molecule has 0 radical (unpaired) electrons. The monoisotopic (exact) mass is 724 g/mol. The first-order chi connectivity index (χ1) is 25.3. The quantitative estimate of drug-likeness (QED) is 0.109. The number of aryl methyl sites for hydroxylation is 1. The van der Waals surface area contributed by atoms with Crippen LogP contribution in [0.3, 0.4) is 0 Å². The van der Waals surface area contributed by atoms with Gasteiger partial charge in [0.2, 0.25) is 0 Å². The maximum atomic E-state index is 14.0. The summed E-state index contributed by atoms with van der Waals surface area (Å²) in [6, 6.07) is 6.68. The van der Waals surface area contributed by atoms with Crippen LogP contribution in [0, 0.1) is 6.92 Å². The van der Waals surface area contributed by atoms with E-state index < -0.39 is 0 Å². The van der Waals surface area contributed by atoms with Crippen molar-refractivity contribution >= 4 is 17.7 Å². The second kappa shape index (κ2) is 21.5. The molecule has 13 nitrogen and oxygen atoms in total. The molecule has 4 rings (SSSR count). The van der Waals surface area contributed by atoms with E-state index in [1.807, 2.05) is 6.92 Å². The van der Waals surface area contributed by atoms with E-state index in [-0.39, 0.29) is 35.8 Å². The normalized spacial score (nSPS) is 17.6. The van der Waals surface area contributed by atoms with Gasteiger partial charge in [-0.25, -0.2) is 0 Å². The van der Waals surface area contributed by atoms with Crippen molar-refractivity contribution in [3.8, 4) is 23.0 Å². The lowest BCUT2D eigenvalue weighted by atomic mass is 9.90. The molecule has 1 aliphatic heterocycles. The number of benzene rings is 2. The highest BCUT2D eigenvalue weighted by Gasteiger charge is 2.28. The molecule has 2 aliphatic rings. The van der Waals surface area contributed by atoms with Crippen molar-refractivity contribution in [3.05, 3.63) is 46.5 Å². The van der Waals surface area contributed by atoms with Gasteiger partial charge in [0.1, 0.15) is 23.0 Å². The molecule has 1 saturated heterocycles. The van der Waals surface area contributed by atoms with E-state index in [1.165, 1.54) is 7.11 Å². The average molecular weight is 725 g/mol. The lowest BCUT2D eigenvalue weighted by Crippen LogP contribution is -2.44. The van der Waals surface area contributed by atoms with Gasteiger partial charge in [-0.15, -0.1) is 0 Å². The van der Waals surface area contributed by atoms with Crippen LogP contribution < -0.4 is 51.7 Å². The summed E-state index contributed by atoms with van der Waals surface area (Å²) in [7, 11) is 3.11. The molecule has 3 amide bonds. The number of hydrogen-bond donors (Lipinski definition) is 6. The zero-order valence-electron chi connectivity index (χ0n) is 31.3. The third-order valence-corrected chi connectivity index (χ3v) is 9.82. The third-order valence-electron chi connectivity index (χ3n) is 9.82. The Balaban J connectivity index is 1.47. The minimum Gasteiger partial charge on any atom is -0.496 e. The van der Waals surface area contributed by atoms with Crippen molar-refractivity contribution in [2.45, 2.75) is 102 Å². The van der Waals surface area contributed by atoms with Gasteiger partial charge in [0.25, 0.3) is 17.7 Å². The summed E-state index contributed by atoms with van der Waals surface area (Å²) in [6.45, 7) is 5.60. The van der Waals surface area contributed by atoms with E-state index in [0.717, 1.165) is 70.0 Å². The SMILES string of the molecule is COc1cc(OC)c(C(=O)NC2CCC(NC(=O)c3cc(C(=O)NC4CCNCC4)c(OCCCCCN)cc3OCCCCCN)CC2)cc1C. The molecule has 0 unspecified atom stereocenters. The van der Waals surface area contributed by atoms with E-state index in [4.69, 9.17) is 30.4 Å². The Morgan fingerprint density at radius 1 is 0.596 bits per heavy atom. The van der Waals surface area contributed by atoms with Gasteiger partial charge in [0.15, 0.2) is 0 Å². The number of amides is 3. The van der Waals surface area contributed by atoms with Crippen LogP contribution in [-0.2, 0) is 0 Å².